The van der Waals surface area contributed by atoms with E-state index < -0.39 is 0 Å². The van der Waals surface area contributed by atoms with Gasteiger partial charge in [0.05, 0.1) is 6.10 Å². The highest BCUT2D eigenvalue weighted by Crippen LogP contribution is 2.40. The molecule has 2 fully saturated rings. The van der Waals surface area contributed by atoms with E-state index in [9.17, 15) is 0 Å². The highest BCUT2D eigenvalue weighted by molar-refractivity contribution is 6.58. The van der Waals surface area contributed by atoms with Gasteiger partial charge in [-0.3, -0.25) is 0 Å². The fraction of sp³-hybridized carbons (Fsp3) is 1.00. The van der Waals surface area contributed by atoms with E-state index in [-0.39, 0.29) is 8.80 Å². The van der Waals surface area contributed by atoms with Crippen LogP contribution < -0.4 is 0 Å². The minimum absolute atomic E-state index is 0.318. The molecule has 1 saturated carbocycles. The van der Waals surface area contributed by atoms with Crippen LogP contribution in [0.4, 0.5) is 0 Å². The van der Waals surface area contributed by atoms with E-state index in [1.165, 1.54) is 32.1 Å². The Hall–Kier alpha value is 0.177. The molecule has 0 spiro atoms. The van der Waals surface area contributed by atoms with Crippen LogP contribution in [-0.2, 0) is 4.74 Å². The van der Waals surface area contributed by atoms with E-state index >= 15 is 0 Å². The minimum atomic E-state index is -0.318. The lowest BCUT2D eigenvalue weighted by Gasteiger charge is -2.37. The highest BCUT2D eigenvalue weighted by Gasteiger charge is 2.31. The number of methoxy groups -OCH3 is 1. The third kappa shape index (κ3) is 4.89. The molecule has 2 aliphatic rings. The molecule has 2 heteroatoms. The van der Waals surface area contributed by atoms with Crippen LogP contribution in [0.1, 0.15) is 58.8 Å². The van der Waals surface area contributed by atoms with Crippen molar-refractivity contribution in [1.29, 1.82) is 0 Å². The summed E-state index contributed by atoms with van der Waals surface area (Å²) in [5, 5.41) is 0. The lowest BCUT2D eigenvalue weighted by Crippen LogP contribution is -2.30. The molecule has 1 heterocycles. The monoisotopic (exact) mass is 282 g/mol. The molecule has 0 aromatic heterocycles. The first-order chi connectivity index (χ1) is 9.19. The quantitative estimate of drug-likeness (QED) is 0.653. The summed E-state index contributed by atoms with van der Waals surface area (Å²) >= 11 is 0. The minimum Gasteiger partial charge on any atom is -0.381 e. The van der Waals surface area contributed by atoms with Crippen molar-refractivity contribution in [3.05, 3.63) is 0 Å². The topological polar surface area (TPSA) is 9.23 Å². The zero-order chi connectivity index (χ0) is 13.7. The van der Waals surface area contributed by atoms with Crippen LogP contribution in [0, 0.1) is 17.8 Å². The molecule has 1 saturated heterocycles. The molecule has 0 unspecified atom stereocenters. The largest absolute Gasteiger partial charge is 0.381 e. The molecule has 0 amide bonds. The number of ether oxygens (including phenoxy) is 1. The Morgan fingerprint density at radius 3 is 2.05 bits per heavy atom. The fourth-order valence-corrected chi connectivity index (χ4v) is 8.12. The SMILES string of the molecule is COC1CCC([C@H]2CC[Si@H](CCC(C)C)CC2)CC1. The first kappa shape index (κ1) is 15.6. The van der Waals surface area contributed by atoms with E-state index in [1.54, 1.807) is 31.0 Å². The summed E-state index contributed by atoms with van der Waals surface area (Å²) in [6.07, 6.45) is 10.8. The van der Waals surface area contributed by atoms with Crippen molar-refractivity contribution in [1.82, 2.24) is 0 Å². The van der Waals surface area contributed by atoms with Gasteiger partial charge in [-0.2, -0.15) is 0 Å². The Morgan fingerprint density at radius 1 is 0.947 bits per heavy atom. The van der Waals surface area contributed by atoms with Crippen LogP contribution >= 0.6 is 0 Å². The number of rotatable bonds is 5. The van der Waals surface area contributed by atoms with Crippen molar-refractivity contribution in [3.63, 3.8) is 0 Å². The molecule has 2 rings (SSSR count). The van der Waals surface area contributed by atoms with Gasteiger partial charge in [0.15, 0.2) is 0 Å². The Balaban J connectivity index is 1.66. The number of hydrogen-bond acceptors (Lipinski definition) is 1. The zero-order valence-electron chi connectivity index (χ0n) is 13.4. The van der Waals surface area contributed by atoms with E-state index in [2.05, 4.69) is 13.8 Å². The fourth-order valence-electron chi connectivity index (χ4n) is 4.31. The third-order valence-electron chi connectivity index (χ3n) is 5.76. The van der Waals surface area contributed by atoms with Crippen LogP contribution in [0.15, 0.2) is 0 Å². The van der Waals surface area contributed by atoms with Crippen molar-refractivity contribution in [3.8, 4) is 0 Å². The van der Waals surface area contributed by atoms with Crippen molar-refractivity contribution >= 4 is 8.80 Å². The molecule has 1 nitrogen and oxygen atoms in total. The molecular weight excluding hydrogens is 248 g/mol. The van der Waals surface area contributed by atoms with Gasteiger partial charge >= 0.3 is 0 Å². The Labute approximate surface area is 122 Å². The molecule has 1 aliphatic carbocycles. The Morgan fingerprint density at radius 2 is 1.53 bits per heavy atom. The summed E-state index contributed by atoms with van der Waals surface area (Å²) in [5.41, 5.74) is 0. The molecule has 0 aromatic rings. The van der Waals surface area contributed by atoms with Crippen molar-refractivity contribution in [2.45, 2.75) is 83.0 Å². The van der Waals surface area contributed by atoms with Crippen molar-refractivity contribution < 1.29 is 4.74 Å². The second-order valence-corrected chi connectivity index (χ2v) is 11.0. The standard InChI is InChI=1S/C17H34OSi/c1-14(2)8-11-19-12-9-16(10-13-19)15-4-6-17(18-3)7-5-15/h14-17,19H,4-13H2,1-3H3/t15?,16-,17?,19-. The smallest absolute Gasteiger partial charge is 0.0571 e. The predicted octanol–water partition coefficient (Wildman–Crippen LogP) is 4.87. The first-order valence-electron chi connectivity index (χ1n) is 8.71. The molecule has 1 aliphatic heterocycles. The summed E-state index contributed by atoms with van der Waals surface area (Å²) in [7, 11) is 1.57. The molecule has 0 bridgehead atoms. The molecule has 112 valence electrons. The van der Waals surface area contributed by atoms with E-state index in [0.29, 0.717) is 6.10 Å². The summed E-state index contributed by atoms with van der Waals surface area (Å²) in [4.78, 5) is 0. The van der Waals surface area contributed by atoms with Crippen LogP contribution in [0.2, 0.25) is 18.1 Å². The third-order valence-corrected chi connectivity index (χ3v) is 9.21. The second-order valence-electron chi connectivity index (χ2n) is 7.52. The van der Waals surface area contributed by atoms with Gasteiger partial charge in [-0.15, -0.1) is 0 Å². The maximum absolute atomic E-state index is 5.51. The van der Waals surface area contributed by atoms with Crippen LogP contribution in [0.3, 0.4) is 0 Å². The van der Waals surface area contributed by atoms with E-state index in [1.807, 2.05) is 7.11 Å². The maximum atomic E-state index is 5.51. The van der Waals surface area contributed by atoms with Gasteiger partial charge < -0.3 is 4.74 Å². The predicted molar refractivity (Wildman–Crippen MR) is 86.5 cm³/mol. The molecular formula is C17H34OSi. The lowest BCUT2D eigenvalue weighted by atomic mass is 9.76. The zero-order valence-corrected chi connectivity index (χ0v) is 14.5. The normalized spacial score (nSPS) is 36.6. The van der Waals surface area contributed by atoms with Crippen molar-refractivity contribution in [2.24, 2.45) is 17.8 Å². The Kier molecular flexibility index (Phi) is 6.41. The van der Waals surface area contributed by atoms with Crippen molar-refractivity contribution in [2.75, 3.05) is 7.11 Å². The molecule has 0 radical (unpaired) electrons. The van der Waals surface area contributed by atoms with Gasteiger partial charge in [-0.1, -0.05) is 51.2 Å². The maximum Gasteiger partial charge on any atom is 0.0571 e. The lowest BCUT2D eigenvalue weighted by molar-refractivity contribution is 0.0449. The van der Waals surface area contributed by atoms with Gasteiger partial charge in [0.1, 0.15) is 0 Å². The molecule has 0 aromatic carbocycles. The summed E-state index contributed by atoms with van der Waals surface area (Å²) < 4.78 is 5.51. The highest BCUT2D eigenvalue weighted by atomic mass is 28.3. The van der Waals surface area contributed by atoms with E-state index in [4.69, 9.17) is 4.74 Å². The molecule has 0 N–H and O–H groups in total. The van der Waals surface area contributed by atoms with Gasteiger partial charge in [0, 0.05) is 15.9 Å². The molecule has 0 atom stereocenters. The van der Waals surface area contributed by atoms with Crippen LogP contribution in [-0.4, -0.2) is 22.0 Å². The average Bonchev–Trinajstić information content (AvgIpc) is 2.46. The Bertz CT molecular complexity index is 238. The first-order valence-corrected chi connectivity index (χ1v) is 11.2. The van der Waals surface area contributed by atoms with Crippen LogP contribution in [0.25, 0.3) is 0 Å². The number of hydrogen-bond donors (Lipinski definition) is 0. The van der Waals surface area contributed by atoms with Gasteiger partial charge in [0.2, 0.25) is 0 Å². The summed E-state index contributed by atoms with van der Waals surface area (Å²) in [6.45, 7) is 4.77. The van der Waals surface area contributed by atoms with E-state index in [0.717, 1.165) is 17.8 Å². The van der Waals surface area contributed by atoms with Crippen LogP contribution in [0.5, 0.6) is 0 Å². The summed E-state index contributed by atoms with van der Waals surface area (Å²) in [6, 6.07) is 4.93. The summed E-state index contributed by atoms with van der Waals surface area (Å²) in [5.74, 6) is 3.06. The van der Waals surface area contributed by atoms with Gasteiger partial charge in [-0.05, 0) is 43.4 Å². The van der Waals surface area contributed by atoms with Gasteiger partial charge in [-0.25, -0.2) is 0 Å². The average molecular weight is 283 g/mol. The second kappa shape index (κ2) is 7.83. The molecule has 19 heavy (non-hydrogen) atoms. The van der Waals surface area contributed by atoms with Gasteiger partial charge in [0.25, 0.3) is 0 Å².